The molecule has 1 N–H and O–H groups in total. The highest BCUT2D eigenvalue weighted by Gasteiger charge is 2.65. The topological polar surface area (TPSA) is 86.8 Å². The third-order valence-electron chi connectivity index (χ3n) is 6.01. The van der Waals surface area contributed by atoms with Gasteiger partial charge in [-0.1, -0.05) is 35.9 Å². The van der Waals surface area contributed by atoms with E-state index in [1.807, 2.05) is 0 Å². The minimum Gasteiger partial charge on any atom is -0.324 e. The molecule has 7 nitrogen and oxygen atoms in total. The first-order valence-electron chi connectivity index (χ1n) is 9.19. The second kappa shape index (κ2) is 6.15. The van der Waals surface area contributed by atoms with Gasteiger partial charge in [-0.15, -0.1) is 0 Å². The first kappa shape index (κ1) is 17.9. The number of amides is 4. The Kier molecular flexibility index (Phi) is 3.79. The fraction of sp³-hybridized carbons (Fsp3) is 0.238. The average molecular weight is 410 g/mol. The summed E-state index contributed by atoms with van der Waals surface area (Å²) in [6, 6.07) is 11.7. The Morgan fingerprint density at radius 2 is 1.59 bits per heavy atom. The van der Waals surface area contributed by atoms with Crippen molar-refractivity contribution in [2.45, 2.75) is 12.1 Å². The molecule has 0 radical (unpaired) electrons. The van der Waals surface area contributed by atoms with Crippen LogP contribution in [0.4, 0.5) is 5.69 Å². The summed E-state index contributed by atoms with van der Waals surface area (Å²) in [5.74, 6) is -3.49. The van der Waals surface area contributed by atoms with Crippen LogP contribution in [0.2, 0.25) is 5.02 Å². The minimum absolute atomic E-state index is 0.323. The zero-order valence-electron chi connectivity index (χ0n) is 15.3. The van der Waals surface area contributed by atoms with Crippen molar-refractivity contribution in [3.63, 3.8) is 0 Å². The molecule has 0 aliphatic carbocycles. The van der Waals surface area contributed by atoms with E-state index in [4.69, 9.17) is 11.6 Å². The van der Waals surface area contributed by atoms with Crippen LogP contribution in [0.3, 0.4) is 0 Å². The molecule has 4 amide bonds. The van der Waals surface area contributed by atoms with Crippen LogP contribution in [0.15, 0.2) is 48.5 Å². The Hall–Kier alpha value is -3.19. The van der Waals surface area contributed by atoms with Crippen molar-refractivity contribution in [2.24, 2.45) is 11.8 Å². The molecule has 2 aromatic rings. The number of hydrogen-bond donors (Lipinski definition) is 1. The molecule has 0 unspecified atom stereocenters. The molecule has 0 aromatic heterocycles. The molecule has 29 heavy (non-hydrogen) atoms. The number of fused-ring (bicyclic) bond motifs is 4. The lowest BCUT2D eigenvalue weighted by Gasteiger charge is -2.31. The van der Waals surface area contributed by atoms with Crippen LogP contribution < -0.4 is 5.32 Å². The quantitative estimate of drug-likeness (QED) is 0.731. The molecule has 2 saturated heterocycles. The third-order valence-corrected chi connectivity index (χ3v) is 6.24. The highest BCUT2D eigenvalue weighted by Crippen LogP contribution is 2.51. The number of nitrogens with one attached hydrogen (secondary N) is 1. The van der Waals surface area contributed by atoms with Crippen molar-refractivity contribution in [2.75, 3.05) is 12.4 Å². The lowest BCUT2D eigenvalue weighted by molar-refractivity contribution is -0.141. The summed E-state index contributed by atoms with van der Waals surface area (Å²) in [6.45, 7) is 0. The Bertz CT molecular complexity index is 1100. The molecule has 4 atom stereocenters. The van der Waals surface area contributed by atoms with Gasteiger partial charge in [-0.3, -0.25) is 24.1 Å². The average Bonchev–Trinajstić information content (AvgIpc) is 3.13. The molecule has 146 valence electrons. The predicted octanol–water partition coefficient (Wildman–Crippen LogP) is 2.09. The second-order valence-electron chi connectivity index (χ2n) is 7.48. The van der Waals surface area contributed by atoms with Crippen LogP contribution in [-0.4, -0.2) is 46.5 Å². The molecular formula is C21H16ClN3O4. The summed E-state index contributed by atoms with van der Waals surface area (Å²) in [6.07, 6.45) is 0. The first-order chi connectivity index (χ1) is 13.9. The van der Waals surface area contributed by atoms with Crippen molar-refractivity contribution >= 4 is 40.9 Å². The van der Waals surface area contributed by atoms with E-state index >= 15 is 0 Å². The van der Waals surface area contributed by atoms with Gasteiger partial charge in [-0.05, 0) is 29.8 Å². The van der Waals surface area contributed by atoms with Crippen molar-refractivity contribution in [1.82, 2.24) is 9.80 Å². The van der Waals surface area contributed by atoms with E-state index < -0.39 is 47.5 Å². The number of imide groups is 1. The standard InChI is InChI=1S/C21H16ClN3O4/c1-24-20(28)14-15(21(24)29)17-18(26)23-13-8-3-2-7-12(13)19(27)25(17)16(14)10-5-4-6-11(22)9-10/h2-9,14-17H,1H3,(H,23,26)/t14-,15+,16-,17-/m1/s1. The second-order valence-corrected chi connectivity index (χ2v) is 7.92. The lowest BCUT2D eigenvalue weighted by atomic mass is 9.86. The predicted molar refractivity (Wildman–Crippen MR) is 104 cm³/mol. The molecule has 0 saturated carbocycles. The zero-order chi connectivity index (χ0) is 20.4. The van der Waals surface area contributed by atoms with Crippen LogP contribution in [0.25, 0.3) is 0 Å². The molecule has 2 fully saturated rings. The highest BCUT2D eigenvalue weighted by molar-refractivity contribution is 6.30. The number of rotatable bonds is 1. The molecule has 3 aliphatic heterocycles. The number of halogens is 1. The summed E-state index contributed by atoms with van der Waals surface area (Å²) in [5, 5.41) is 3.21. The number of nitrogens with zero attached hydrogens (tertiary/aromatic N) is 2. The number of para-hydroxylation sites is 1. The highest BCUT2D eigenvalue weighted by atomic mass is 35.5. The summed E-state index contributed by atoms with van der Waals surface area (Å²) >= 11 is 6.17. The number of carbonyl (C=O) groups excluding carboxylic acids is 4. The van der Waals surface area contributed by atoms with E-state index in [9.17, 15) is 19.2 Å². The maximum absolute atomic E-state index is 13.5. The van der Waals surface area contributed by atoms with Gasteiger partial charge in [0.15, 0.2) is 0 Å². The maximum Gasteiger partial charge on any atom is 0.257 e. The van der Waals surface area contributed by atoms with Crippen LogP contribution >= 0.6 is 11.6 Å². The van der Waals surface area contributed by atoms with Gasteiger partial charge in [0.25, 0.3) is 5.91 Å². The fourth-order valence-electron chi connectivity index (χ4n) is 4.77. The smallest absolute Gasteiger partial charge is 0.257 e. The molecule has 3 aliphatic rings. The number of anilines is 1. The fourth-order valence-corrected chi connectivity index (χ4v) is 4.97. The zero-order valence-corrected chi connectivity index (χ0v) is 16.1. The summed E-state index contributed by atoms with van der Waals surface area (Å²) in [4.78, 5) is 55.0. The summed E-state index contributed by atoms with van der Waals surface area (Å²) < 4.78 is 0. The van der Waals surface area contributed by atoms with Crippen LogP contribution in [0.5, 0.6) is 0 Å². The van der Waals surface area contributed by atoms with Gasteiger partial charge in [0.1, 0.15) is 6.04 Å². The lowest BCUT2D eigenvalue weighted by Crippen LogP contribution is -2.47. The van der Waals surface area contributed by atoms with E-state index in [1.54, 1.807) is 48.5 Å². The number of carbonyl (C=O) groups is 4. The van der Waals surface area contributed by atoms with Gasteiger partial charge in [0.2, 0.25) is 17.7 Å². The van der Waals surface area contributed by atoms with Crippen molar-refractivity contribution in [3.8, 4) is 0 Å². The molecule has 2 aromatic carbocycles. The Labute approximate surface area is 171 Å². The Morgan fingerprint density at radius 3 is 2.31 bits per heavy atom. The molecule has 8 heteroatoms. The molecular weight excluding hydrogens is 394 g/mol. The van der Waals surface area contributed by atoms with Crippen LogP contribution in [-0.2, 0) is 14.4 Å². The number of hydrogen-bond acceptors (Lipinski definition) is 4. The van der Waals surface area contributed by atoms with Gasteiger partial charge < -0.3 is 10.2 Å². The minimum atomic E-state index is -1.08. The largest absolute Gasteiger partial charge is 0.324 e. The van der Waals surface area contributed by atoms with Gasteiger partial charge >= 0.3 is 0 Å². The number of likely N-dealkylation sites (tertiary alicyclic amines) is 1. The van der Waals surface area contributed by atoms with E-state index in [2.05, 4.69) is 5.32 Å². The monoisotopic (exact) mass is 409 g/mol. The molecule has 0 bridgehead atoms. The van der Waals surface area contributed by atoms with Gasteiger partial charge in [0.05, 0.1) is 29.1 Å². The van der Waals surface area contributed by atoms with Crippen molar-refractivity contribution in [1.29, 1.82) is 0 Å². The van der Waals surface area contributed by atoms with Gasteiger partial charge in [0, 0.05) is 12.1 Å². The SMILES string of the molecule is CN1C(=O)[C@@H]2[C@H](C1=O)[C@@H]1C(=O)Nc3ccccc3C(=O)N1[C@@H]2c1cccc(Cl)c1. The van der Waals surface area contributed by atoms with Crippen molar-refractivity contribution < 1.29 is 19.2 Å². The number of benzene rings is 2. The van der Waals surface area contributed by atoms with Gasteiger partial charge in [-0.25, -0.2) is 0 Å². The first-order valence-corrected chi connectivity index (χ1v) is 9.57. The van der Waals surface area contributed by atoms with Crippen LogP contribution in [0, 0.1) is 11.8 Å². The van der Waals surface area contributed by atoms with E-state index in [1.165, 1.54) is 11.9 Å². The Balaban J connectivity index is 1.75. The molecule has 0 spiro atoms. The Morgan fingerprint density at radius 1 is 0.897 bits per heavy atom. The summed E-state index contributed by atoms with van der Waals surface area (Å²) in [5.41, 5.74) is 1.33. The maximum atomic E-state index is 13.5. The van der Waals surface area contributed by atoms with E-state index in [0.29, 0.717) is 21.8 Å². The third kappa shape index (κ3) is 2.37. The normalized spacial score (nSPS) is 28.1. The molecule has 3 heterocycles. The molecule has 5 rings (SSSR count). The van der Waals surface area contributed by atoms with Crippen molar-refractivity contribution in [3.05, 3.63) is 64.7 Å². The van der Waals surface area contributed by atoms with Gasteiger partial charge in [-0.2, -0.15) is 0 Å². The summed E-state index contributed by atoms with van der Waals surface area (Å²) in [7, 11) is 1.41. The van der Waals surface area contributed by atoms with E-state index in [-0.39, 0.29) is 0 Å². The van der Waals surface area contributed by atoms with Crippen LogP contribution in [0.1, 0.15) is 22.0 Å². The van der Waals surface area contributed by atoms with E-state index in [0.717, 1.165) is 4.90 Å².